The fourth-order valence-electron chi connectivity index (χ4n) is 6.43. The Hall–Kier alpha value is -2.95. The number of hydrogen-bond donors (Lipinski definition) is 2. The van der Waals surface area contributed by atoms with Crippen LogP contribution in [-0.4, -0.2) is 79.9 Å². The first-order valence-electron chi connectivity index (χ1n) is 14.2. The zero-order valence-electron chi connectivity index (χ0n) is 23.7. The Kier molecular flexibility index (Phi) is 6.89. The summed E-state index contributed by atoms with van der Waals surface area (Å²) in [5.41, 5.74) is 2.10. The number of anilines is 4. The van der Waals surface area contributed by atoms with Crippen LogP contribution in [0.2, 0.25) is 0 Å². The lowest BCUT2D eigenvalue weighted by molar-refractivity contribution is -0.125. The number of hydrogen-bond acceptors (Lipinski definition) is 9. The Balaban J connectivity index is 1.23. The summed E-state index contributed by atoms with van der Waals surface area (Å²) in [6.07, 6.45) is 7.63. The molecule has 1 amide bonds. The van der Waals surface area contributed by atoms with Gasteiger partial charge in [0.25, 0.3) is 0 Å². The van der Waals surface area contributed by atoms with E-state index >= 15 is 0 Å². The third-order valence-corrected chi connectivity index (χ3v) is 8.68. The number of benzene rings is 1. The molecule has 2 N–H and O–H groups in total. The van der Waals surface area contributed by atoms with Gasteiger partial charge in [-0.3, -0.25) is 10.1 Å². The largest absolute Gasteiger partial charge is 0.495 e. The summed E-state index contributed by atoms with van der Waals surface area (Å²) in [6, 6.07) is 6.95. The Morgan fingerprint density at radius 1 is 1.15 bits per heavy atom. The van der Waals surface area contributed by atoms with E-state index in [1.54, 1.807) is 18.2 Å². The molecule has 4 aliphatic rings. The average Bonchev–Trinajstić information content (AvgIpc) is 3.28. The Morgan fingerprint density at radius 2 is 1.95 bits per heavy atom. The van der Waals surface area contributed by atoms with Crippen LogP contribution in [0.3, 0.4) is 0 Å². The summed E-state index contributed by atoms with van der Waals surface area (Å²) in [5.74, 6) is 2.09. The number of fused-ring (bicyclic) bond motifs is 1. The number of nitrogens with zero attached hydrogens (tertiary/aromatic N) is 5. The van der Waals surface area contributed by atoms with Crippen LogP contribution < -0.4 is 25.2 Å². The van der Waals surface area contributed by atoms with E-state index in [9.17, 15) is 4.79 Å². The van der Waals surface area contributed by atoms with Gasteiger partial charge in [0.2, 0.25) is 11.9 Å². The van der Waals surface area contributed by atoms with Gasteiger partial charge in [-0.25, -0.2) is 4.98 Å². The maximum Gasteiger partial charge on any atom is 0.234 e. The SMILES string of the molecule is COc1cc(C2OC2N[C@@H]2CCN(C)C2)ccc1Nc1ncc2c(n1)N(C1CCCC1)CC(C)(C)C(=O)N2C. The van der Waals surface area contributed by atoms with E-state index in [1.165, 1.54) is 12.8 Å². The molecule has 1 aromatic carbocycles. The molecule has 3 fully saturated rings. The molecule has 0 bridgehead atoms. The summed E-state index contributed by atoms with van der Waals surface area (Å²) in [5, 5.41) is 7.00. The zero-order chi connectivity index (χ0) is 27.3. The molecule has 1 aliphatic carbocycles. The zero-order valence-corrected chi connectivity index (χ0v) is 23.7. The van der Waals surface area contributed by atoms with Gasteiger partial charge in [-0.1, -0.05) is 18.9 Å². The van der Waals surface area contributed by atoms with Crippen molar-refractivity contribution in [1.29, 1.82) is 0 Å². The molecule has 10 heteroatoms. The van der Waals surface area contributed by atoms with Crippen LogP contribution in [0, 0.1) is 5.41 Å². The molecule has 2 saturated heterocycles. The Bertz CT molecular complexity index is 1230. The van der Waals surface area contributed by atoms with Crippen LogP contribution in [0.25, 0.3) is 0 Å². The highest BCUT2D eigenvalue weighted by atomic mass is 16.6. The minimum absolute atomic E-state index is 0.0269. The first-order chi connectivity index (χ1) is 18.7. The van der Waals surface area contributed by atoms with Gasteiger partial charge in [-0.05, 0) is 64.4 Å². The van der Waals surface area contributed by atoms with Crippen molar-refractivity contribution in [3.8, 4) is 5.75 Å². The van der Waals surface area contributed by atoms with E-state index in [-0.39, 0.29) is 18.2 Å². The maximum atomic E-state index is 13.3. The second-order valence-corrected chi connectivity index (χ2v) is 12.2. The molecule has 6 rings (SSSR count). The number of ether oxygens (including phenoxy) is 2. The highest BCUT2D eigenvalue weighted by Crippen LogP contribution is 2.42. The second kappa shape index (κ2) is 10.2. The number of rotatable bonds is 7. The van der Waals surface area contributed by atoms with Crippen LogP contribution in [0.1, 0.15) is 57.6 Å². The summed E-state index contributed by atoms with van der Waals surface area (Å²) in [6.45, 7) is 6.86. The minimum atomic E-state index is -0.518. The highest BCUT2D eigenvalue weighted by molar-refractivity contribution is 6.00. The van der Waals surface area contributed by atoms with Gasteiger partial charge in [-0.15, -0.1) is 0 Å². The van der Waals surface area contributed by atoms with E-state index in [4.69, 9.17) is 14.5 Å². The van der Waals surface area contributed by atoms with Crippen LogP contribution >= 0.6 is 0 Å². The van der Waals surface area contributed by atoms with E-state index in [1.807, 2.05) is 33.0 Å². The normalized spacial score (nSPS) is 27.0. The molecule has 3 atom stereocenters. The molecule has 10 nitrogen and oxygen atoms in total. The van der Waals surface area contributed by atoms with Gasteiger partial charge in [0.15, 0.2) is 5.82 Å². The third kappa shape index (κ3) is 5.17. The van der Waals surface area contributed by atoms with Gasteiger partial charge in [0.05, 0.1) is 24.4 Å². The van der Waals surface area contributed by atoms with Crippen LogP contribution in [-0.2, 0) is 9.53 Å². The Morgan fingerprint density at radius 3 is 2.67 bits per heavy atom. The number of likely N-dealkylation sites (N-methyl/N-ethyl adjacent to an activating group) is 1. The summed E-state index contributed by atoms with van der Waals surface area (Å²) in [4.78, 5) is 29.3. The quantitative estimate of drug-likeness (QED) is 0.515. The lowest BCUT2D eigenvalue weighted by Crippen LogP contribution is -2.45. The molecule has 210 valence electrons. The molecule has 2 aromatic rings. The average molecular weight is 536 g/mol. The van der Waals surface area contributed by atoms with Gasteiger partial charge in [0.1, 0.15) is 23.8 Å². The lowest BCUT2D eigenvalue weighted by atomic mass is 9.91. The van der Waals surface area contributed by atoms with Crippen molar-refractivity contribution in [1.82, 2.24) is 20.2 Å². The van der Waals surface area contributed by atoms with E-state index < -0.39 is 5.41 Å². The maximum absolute atomic E-state index is 13.3. The van der Waals surface area contributed by atoms with E-state index in [2.05, 4.69) is 38.5 Å². The third-order valence-electron chi connectivity index (χ3n) is 8.68. The number of aromatic nitrogens is 2. The topological polar surface area (TPSA) is 98.4 Å². The monoisotopic (exact) mass is 535 g/mol. The fraction of sp³-hybridized carbons (Fsp3) is 0.621. The van der Waals surface area contributed by atoms with Crippen LogP contribution in [0.4, 0.5) is 23.1 Å². The molecular formula is C29H41N7O3. The van der Waals surface area contributed by atoms with Crippen molar-refractivity contribution in [2.45, 2.75) is 70.4 Å². The smallest absolute Gasteiger partial charge is 0.234 e. The van der Waals surface area contributed by atoms with Crippen LogP contribution in [0.5, 0.6) is 5.75 Å². The number of nitrogens with one attached hydrogen (secondary N) is 2. The standard InChI is InChI=1S/C29H41N7O3/c1-29(2)17-36(20-8-6-7-9-20)25-22(35(4)27(29)37)15-30-28(33-25)32-21-11-10-18(14-23(21)38-5)24-26(39-24)31-19-12-13-34(3)16-19/h10-11,14-15,19-20,24,26,31H,6-9,12-13,16-17H2,1-5H3,(H,30,32,33)/t19-,24?,26?/m1/s1. The van der Waals surface area contributed by atoms with Crippen molar-refractivity contribution in [2.75, 3.05) is 56.0 Å². The number of methoxy groups -OCH3 is 1. The molecule has 4 heterocycles. The van der Waals surface area contributed by atoms with Gasteiger partial charge >= 0.3 is 0 Å². The molecule has 0 radical (unpaired) electrons. The summed E-state index contributed by atoms with van der Waals surface area (Å²) in [7, 11) is 5.65. The van der Waals surface area contributed by atoms with E-state index in [0.717, 1.165) is 55.1 Å². The minimum Gasteiger partial charge on any atom is -0.495 e. The predicted octanol–water partition coefficient (Wildman–Crippen LogP) is 3.67. The highest BCUT2D eigenvalue weighted by Gasteiger charge is 2.43. The first-order valence-corrected chi connectivity index (χ1v) is 14.2. The molecular weight excluding hydrogens is 494 g/mol. The number of amides is 1. The molecule has 2 unspecified atom stereocenters. The predicted molar refractivity (Wildman–Crippen MR) is 152 cm³/mol. The van der Waals surface area contributed by atoms with E-state index in [0.29, 0.717) is 30.3 Å². The number of carbonyl (C=O) groups excluding carboxylic acids is 1. The van der Waals surface area contributed by atoms with Gasteiger partial charge in [0, 0.05) is 32.2 Å². The second-order valence-electron chi connectivity index (χ2n) is 12.2. The number of likely N-dealkylation sites (tertiary alicyclic amines) is 1. The van der Waals surface area contributed by atoms with Crippen LogP contribution in [0.15, 0.2) is 24.4 Å². The van der Waals surface area contributed by atoms with Crippen molar-refractivity contribution in [3.05, 3.63) is 30.0 Å². The van der Waals surface area contributed by atoms with Gasteiger partial charge in [-0.2, -0.15) is 4.98 Å². The Labute approximate surface area is 231 Å². The van der Waals surface area contributed by atoms with Gasteiger partial charge < -0.3 is 29.5 Å². The summed E-state index contributed by atoms with van der Waals surface area (Å²) < 4.78 is 11.7. The lowest BCUT2D eigenvalue weighted by Gasteiger charge is -2.34. The number of epoxide rings is 1. The molecule has 1 aromatic heterocycles. The number of carbonyl (C=O) groups is 1. The summed E-state index contributed by atoms with van der Waals surface area (Å²) >= 11 is 0. The molecule has 39 heavy (non-hydrogen) atoms. The fourth-order valence-corrected chi connectivity index (χ4v) is 6.43. The van der Waals surface area contributed by atoms with Crippen molar-refractivity contribution in [3.63, 3.8) is 0 Å². The molecule has 3 aliphatic heterocycles. The first kappa shape index (κ1) is 26.3. The molecule has 1 saturated carbocycles. The van der Waals surface area contributed by atoms with Crippen molar-refractivity contribution < 1.29 is 14.3 Å². The van der Waals surface area contributed by atoms with Crippen molar-refractivity contribution in [2.24, 2.45) is 5.41 Å². The van der Waals surface area contributed by atoms with Crippen molar-refractivity contribution >= 4 is 29.0 Å². The molecule has 0 spiro atoms.